The summed E-state index contributed by atoms with van der Waals surface area (Å²) in [7, 11) is -1.88. The van der Waals surface area contributed by atoms with E-state index in [-0.39, 0.29) is 12.0 Å². The molecule has 168 valence electrons. The molecule has 3 N–H and O–H groups in total. The maximum absolute atomic E-state index is 13.0. The monoisotopic (exact) mass is 444 g/mol. The van der Waals surface area contributed by atoms with Crippen LogP contribution in [0, 0.1) is 0 Å². The second-order valence-corrected chi connectivity index (χ2v) is 10.2. The van der Waals surface area contributed by atoms with Gasteiger partial charge in [-0.05, 0) is 49.4 Å². The Bertz CT molecular complexity index is 930. The predicted molar refractivity (Wildman–Crippen MR) is 122 cm³/mol. The van der Waals surface area contributed by atoms with Gasteiger partial charge >= 0.3 is 6.03 Å². The van der Waals surface area contributed by atoms with Crippen LogP contribution in [0.5, 0.6) is 0 Å². The van der Waals surface area contributed by atoms with Crippen LogP contribution in [-0.2, 0) is 10.0 Å². The van der Waals surface area contributed by atoms with Gasteiger partial charge in [0.05, 0.1) is 4.90 Å². The Kier molecular flexibility index (Phi) is 8.06. The van der Waals surface area contributed by atoms with Gasteiger partial charge in [0.25, 0.3) is 0 Å². The van der Waals surface area contributed by atoms with Crippen molar-refractivity contribution in [2.45, 2.75) is 36.1 Å². The number of nitrogens with one attached hydrogen (secondary N) is 1. The van der Waals surface area contributed by atoms with E-state index in [0.29, 0.717) is 11.4 Å². The van der Waals surface area contributed by atoms with E-state index in [2.05, 4.69) is 22.3 Å². The number of benzene rings is 2. The molecule has 0 radical (unpaired) electrons. The summed E-state index contributed by atoms with van der Waals surface area (Å²) in [6, 6.07) is 18.3. The lowest BCUT2D eigenvalue weighted by atomic mass is 9.94. The Hall–Kier alpha value is -2.42. The minimum Gasteiger partial charge on any atom is -0.352 e. The van der Waals surface area contributed by atoms with E-state index < -0.39 is 16.1 Å². The van der Waals surface area contributed by atoms with Crippen molar-refractivity contribution in [3.8, 4) is 0 Å². The summed E-state index contributed by atoms with van der Waals surface area (Å²) in [5.74, 6) is 0.0890. The normalized spacial score (nSPS) is 16.8. The largest absolute Gasteiger partial charge is 0.352 e. The van der Waals surface area contributed by atoms with Gasteiger partial charge in [-0.15, -0.1) is 0 Å². The van der Waals surface area contributed by atoms with E-state index in [1.54, 1.807) is 31.3 Å². The Morgan fingerprint density at radius 2 is 1.68 bits per heavy atom. The van der Waals surface area contributed by atoms with Crippen LogP contribution in [0.1, 0.15) is 30.7 Å². The molecule has 2 amide bonds. The fourth-order valence-electron chi connectivity index (χ4n) is 4.11. The minimum atomic E-state index is -3.54. The Morgan fingerprint density at radius 3 is 2.26 bits per heavy atom. The Balaban J connectivity index is 1.64. The third kappa shape index (κ3) is 6.53. The SMILES string of the molecule is CN(C[C@H](CCN1CCC(NC(N)=O)CC1)c1ccccc1)S(=O)(=O)c1ccccc1. The molecule has 7 nitrogen and oxygen atoms in total. The Labute approximate surface area is 185 Å². The smallest absolute Gasteiger partial charge is 0.312 e. The van der Waals surface area contributed by atoms with Gasteiger partial charge in [0.1, 0.15) is 0 Å². The molecule has 3 rings (SSSR count). The molecule has 31 heavy (non-hydrogen) atoms. The molecule has 1 aliphatic rings. The summed E-state index contributed by atoms with van der Waals surface area (Å²) >= 11 is 0. The van der Waals surface area contributed by atoms with E-state index in [4.69, 9.17) is 5.73 Å². The molecule has 1 saturated heterocycles. The van der Waals surface area contributed by atoms with E-state index >= 15 is 0 Å². The quantitative estimate of drug-likeness (QED) is 0.621. The summed E-state index contributed by atoms with van der Waals surface area (Å²) in [5, 5.41) is 2.79. The summed E-state index contributed by atoms with van der Waals surface area (Å²) in [6.07, 6.45) is 2.61. The van der Waals surface area contributed by atoms with Gasteiger partial charge in [-0.25, -0.2) is 17.5 Å². The van der Waals surface area contributed by atoms with Crippen LogP contribution in [0.25, 0.3) is 0 Å². The van der Waals surface area contributed by atoms with Crippen molar-refractivity contribution in [3.05, 3.63) is 66.2 Å². The Morgan fingerprint density at radius 1 is 1.10 bits per heavy atom. The summed E-state index contributed by atoms with van der Waals surface area (Å²) < 4.78 is 27.5. The fourth-order valence-corrected chi connectivity index (χ4v) is 5.35. The number of rotatable bonds is 9. The number of nitrogens with zero attached hydrogens (tertiary/aromatic N) is 2. The first kappa shape index (κ1) is 23.2. The highest BCUT2D eigenvalue weighted by molar-refractivity contribution is 7.89. The van der Waals surface area contributed by atoms with Gasteiger partial charge < -0.3 is 16.0 Å². The first-order valence-corrected chi connectivity index (χ1v) is 12.1. The lowest BCUT2D eigenvalue weighted by Crippen LogP contribution is -2.46. The van der Waals surface area contributed by atoms with Crippen molar-refractivity contribution in [3.63, 3.8) is 0 Å². The number of hydrogen-bond acceptors (Lipinski definition) is 4. The van der Waals surface area contributed by atoms with Crippen molar-refractivity contribution in [2.75, 3.05) is 33.2 Å². The van der Waals surface area contributed by atoms with Crippen molar-refractivity contribution >= 4 is 16.1 Å². The molecular weight excluding hydrogens is 412 g/mol. The standard InChI is InChI=1S/C23H32N4O3S/c1-26(31(29,30)22-10-6-3-7-11-22)18-20(19-8-4-2-5-9-19)12-15-27-16-13-21(14-17-27)25-23(24)28/h2-11,20-21H,12-18H2,1H3,(H3,24,25,28)/t20-/m0/s1. The zero-order valence-electron chi connectivity index (χ0n) is 18.0. The zero-order chi connectivity index (χ0) is 22.3. The molecule has 0 aliphatic carbocycles. The van der Waals surface area contributed by atoms with Crippen LogP contribution in [0.2, 0.25) is 0 Å². The number of nitrogens with two attached hydrogens (primary N) is 1. The number of hydrogen-bond donors (Lipinski definition) is 2. The fraction of sp³-hybridized carbons (Fsp3) is 0.435. The third-order valence-electron chi connectivity index (χ3n) is 5.93. The van der Waals surface area contributed by atoms with Crippen LogP contribution in [0.15, 0.2) is 65.6 Å². The molecule has 0 bridgehead atoms. The number of primary amides is 1. The van der Waals surface area contributed by atoms with Crippen LogP contribution >= 0.6 is 0 Å². The van der Waals surface area contributed by atoms with Crippen LogP contribution in [0.4, 0.5) is 4.79 Å². The number of piperidine rings is 1. The maximum Gasteiger partial charge on any atom is 0.312 e. The number of urea groups is 1. The molecule has 1 atom stereocenters. The zero-order valence-corrected chi connectivity index (χ0v) is 18.8. The van der Waals surface area contributed by atoms with E-state index in [1.807, 2.05) is 24.3 Å². The summed E-state index contributed by atoms with van der Waals surface area (Å²) in [6.45, 7) is 3.08. The number of sulfonamides is 1. The molecular formula is C23H32N4O3S. The average Bonchev–Trinajstić information content (AvgIpc) is 2.78. The van der Waals surface area contributed by atoms with Crippen molar-refractivity contribution in [1.82, 2.24) is 14.5 Å². The molecule has 0 saturated carbocycles. The van der Waals surface area contributed by atoms with Crippen LogP contribution < -0.4 is 11.1 Å². The van der Waals surface area contributed by atoms with E-state index in [0.717, 1.165) is 44.5 Å². The second-order valence-electron chi connectivity index (χ2n) is 8.12. The van der Waals surface area contributed by atoms with Crippen LogP contribution in [0.3, 0.4) is 0 Å². The van der Waals surface area contributed by atoms with Gasteiger partial charge in [0.15, 0.2) is 0 Å². The molecule has 0 spiro atoms. The van der Waals surface area contributed by atoms with Crippen molar-refractivity contribution < 1.29 is 13.2 Å². The molecule has 2 aromatic rings. The van der Waals surface area contributed by atoms with Crippen molar-refractivity contribution in [2.24, 2.45) is 5.73 Å². The number of carbonyl (C=O) groups excluding carboxylic acids is 1. The second kappa shape index (κ2) is 10.7. The number of amides is 2. The van der Waals surface area contributed by atoms with Gasteiger partial charge in [-0.2, -0.15) is 0 Å². The number of likely N-dealkylation sites (tertiary alicyclic amines) is 1. The van der Waals surface area contributed by atoms with E-state index in [9.17, 15) is 13.2 Å². The topological polar surface area (TPSA) is 95.7 Å². The summed E-state index contributed by atoms with van der Waals surface area (Å²) in [5.41, 5.74) is 6.37. The predicted octanol–water partition coefficient (Wildman–Crippen LogP) is 2.61. The van der Waals surface area contributed by atoms with Crippen LogP contribution in [-0.4, -0.2) is 62.9 Å². The minimum absolute atomic E-state index is 0.0890. The molecule has 0 aromatic heterocycles. The number of carbonyl (C=O) groups is 1. The van der Waals surface area contributed by atoms with Gasteiger partial charge in [-0.1, -0.05) is 48.5 Å². The molecule has 1 heterocycles. The average molecular weight is 445 g/mol. The van der Waals surface area contributed by atoms with Gasteiger partial charge in [-0.3, -0.25) is 0 Å². The highest BCUT2D eigenvalue weighted by Gasteiger charge is 2.26. The van der Waals surface area contributed by atoms with Crippen molar-refractivity contribution in [1.29, 1.82) is 0 Å². The van der Waals surface area contributed by atoms with Gasteiger partial charge in [0.2, 0.25) is 10.0 Å². The highest BCUT2D eigenvalue weighted by Crippen LogP contribution is 2.25. The molecule has 0 unspecified atom stereocenters. The third-order valence-corrected chi connectivity index (χ3v) is 7.77. The molecule has 1 fully saturated rings. The summed E-state index contributed by atoms with van der Waals surface area (Å²) in [4.78, 5) is 13.7. The lowest BCUT2D eigenvalue weighted by Gasteiger charge is -2.33. The van der Waals surface area contributed by atoms with Gasteiger partial charge in [0, 0.05) is 32.7 Å². The molecule has 8 heteroatoms. The highest BCUT2D eigenvalue weighted by atomic mass is 32.2. The lowest BCUT2D eigenvalue weighted by molar-refractivity contribution is 0.188. The maximum atomic E-state index is 13.0. The molecule has 2 aromatic carbocycles. The number of likely N-dealkylation sites (N-methyl/N-ethyl adjacent to an activating group) is 1. The van der Waals surface area contributed by atoms with E-state index in [1.165, 1.54) is 4.31 Å². The first-order chi connectivity index (χ1) is 14.9. The molecule has 1 aliphatic heterocycles. The first-order valence-electron chi connectivity index (χ1n) is 10.7.